The van der Waals surface area contributed by atoms with Gasteiger partial charge in [0.15, 0.2) is 11.9 Å². The van der Waals surface area contributed by atoms with Gasteiger partial charge in [-0.25, -0.2) is 0 Å². The Kier molecular flexibility index (Phi) is 6.22. The largest absolute Gasteiger partial charge is 0.454 e. The number of aryl methyl sites for hydroxylation is 1. The maximum absolute atomic E-state index is 13.0. The van der Waals surface area contributed by atoms with Crippen molar-refractivity contribution in [2.75, 3.05) is 0 Å². The smallest absolute Gasteiger partial charge is 0.318 e. The van der Waals surface area contributed by atoms with E-state index in [1.54, 1.807) is 19.9 Å². The molecule has 142 valence electrons. The highest BCUT2D eigenvalue weighted by Crippen LogP contribution is 2.33. The van der Waals surface area contributed by atoms with Crippen molar-refractivity contribution in [3.05, 3.63) is 65.1 Å². The number of ether oxygens (including phenoxy) is 1. The first-order valence-electron chi connectivity index (χ1n) is 9.44. The Labute approximate surface area is 159 Å². The SMILES string of the molecule is Cc1cc(CC(=O)C(C)OC(=O)C(C2=CCCCC2)c2ccccc2)no1. The number of allylic oxidation sites excluding steroid dienone is 1. The van der Waals surface area contributed by atoms with Crippen LogP contribution in [0.15, 0.2) is 52.6 Å². The molecule has 0 radical (unpaired) electrons. The lowest BCUT2D eigenvalue weighted by atomic mass is 9.84. The van der Waals surface area contributed by atoms with Crippen LogP contribution in [0.4, 0.5) is 0 Å². The molecule has 0 N–H and O–H groups in total. The molecule has 0 saturated carbocycles. The molecule has 5 nitrogen and oxygen atoms in total. The number of benzene rings is 1. The summed E-state index contributed by atoms with van der Waals surface area (Å²) in [6, 6.07) is 11.3. The first-order valence-corrected chi connectivity index (χ1v) is 9.44. The zero-order valence-corrected chi connectivity index (χ0v) is 15.8. The van der Waals surface area contributed by atoms with Crippen LogP contribution >= 0.6 is 0 Å². The molecule has 1 heterocycles. The molecular weight excluding hydrogens is 342 g/mol. The Hall–Kier alpha value is -2.69. The number of nitrogens with zero attached hydrogens (tertiary/aromatic N) is 1. The lowest BCUT2D eigenvalue weighted by Gasteiger charge is -2.24. The second kappa shape index (κ2) is 8.80. The van der Waals surface area contributed by atoms with E-state index in [2.05, 4.69) is 11.2 Å². The van der Waals surface area contributed by atoms with Crippen molar-refractivity contribution in [1.29, 1.82) is 0 Å². The quantitative estimate of drug-likeness (QED) is 0.539. The lowest BCUT2D eigenvalue weighted by Crippen LogP contribution is -2.29. The van der Waals surface area contributed by atoms with E-state index in [1.807, 2.05) is 30.3 Å². The van der Waals surface area contributed by atoms with Crippen LogP contribution < -0.4 is 0 Å². The highest BCUT2D eigenvalue weighted by atomic mass is 16.5. The molecule has 1 aliphatic carbocycles. The highest BCUT2D eigenvalue weighted by Gasteiger charge is 2.30. The molecule has 2 atom stereocenters. The van der Waals surface area contributed by atoms with Crippen molar-refractivity contribution < 1.29 is 18.8 Å². The van der Waals surface area contributed by atoms with Crippen LogP contribution in [-0.2, 0) is 20.7 Å². The third-order valence-corrected chi connectivity index (χ3v) is 4.84. The monoisotopic (exact) mass is 367 g/mol. The van der Waals surface area contributed by atoms with E-state index in [1.165, 1.54) is 0 Å². The van der Waals surface area contributed by atoms with Gasteiger partial charge in [-0.05, 0) is 45.1 Å². The molecule has 1 aromatic heterocycles. The average Bonchev–Trinajstić information content (AvgIpc) is 3.08. The maximum atomic E-state index is 13.0. The van der Waals surface area contributed by atoms with Crippen LogP contribution in [0.3, 0.4) is 0 Å². The fraction of sp³-hybridized carbons (Fsp3) is 0.409. The van der Waals surface area contributed by atoms with Crippen molar-refractivity contribution in [1.82, 2.24) is 5.16 Å². The van der Waals surface area contributed by atoms with E-state index in [0.717, 1.165) is 36.8 Å². The van der Waals surface area contributed by atoms with E-state index < -0.39 is 12.0 Å². The van der Waals surface area contributed by atoms with Gasteiger partial charge in [0, 0.05) is 6.07 Å². The summed E-state index contributed by atoms with van der Waals surface area (Å²) < 4.78 is 10.6. The molecule has 0 bridgehead atoms. The molecule has 5 heteroatoms. The van der Waals surface area contributed by atoms with E-state index in [9.17, 15) is 9.59 Å². The summed E-state index contributed by atoms with van der Waals surface area (Å²) in [4.78, 5) is 25.4. The number of hydrogen-bond acceptors (Lipinski definition) is 5. The van der Waals surface area contributed by atoms with Crippen LogP contribution in [0.1, 0.15) is 55.5 Å². The Balaban J connectivity index is 1.71. The molecule has 0 fully saturated rings. The van der Waals surface area contributed by atoms with Crippen molar-refractivity contribution in [3.8, 4) is 0 Å². The molecule has 2 unspecified atom stereocenters. The second-order valence-electron chi connectivity index (χ2n) is 7.02. The Bertz CT molecular complexity index is 822. The third kappa shape index (κ3) is 4.94. The van der Waals surface area contributed by atoms with Gasteiger partial charge >= 0.3 is 5.97 Å². The molecule has 3 rings (SSSR count). The normalized spacial score (nSPS) is 16.3. The topological polar surface area (TPSA) is 69.4 Å². The molecule has 27 heavy (non-hydrogen) atoms. The molecule has 0 aliphatic heterocycles. The van der Waals surface area contributed by atoms with E-state index >= 15 is 0 Å². The van der Waals surface area contributed by atoms with Gasteiger partial charge in [-0.1, -0.05) is 47.1 Å². The van der Waals surface area contributed by atoms with Crippen molar-refractivity contribution in [2.45, 2.75) is 58.0 Å². The molecule has 0 spiro atoms. The summed E-state index contributed by atoms with van der Waals surface area (Å²) in [6.07, 6.45) is 5.48. The third-order valence-electron chi connectivity index (χ3n) is 4.84. The van der Waals surface area contributed by atoms with Gasteiger partial charge in [-0.2, -0.15) is 0 Å². The summed E-state index contributed by atoms with van der Waals surface area (Å²) in [7, 11) is 0. The predicted octanol–water partition coefficient (Wildman–Crippen LogP) is 4.31. The summed E-state index contributed by atoms with van der Waals surface area (Å²) >= 11 is 0. The van der Waals surface area contributed by atoms with Gasteiger partial charge in [-0.15, -0.1) is 0 Å². The molecule has 2 aromatic rings. The number of aromatic nitrogens is 1. The number of carbonyl (C=O) groups excluding carboxylic acids is 2. The van der Waals surface area contributed by atoms with Gasteiger partial charge in [0.2, 0.25) is 0 Å². The summed E-state index contributed by atoms with van der Waals surface area (Å²) in [5.41, 5.74) is 2.54. The number of ketones is 1. The van der Waals surface area contributed by atoms with E-state index in [0.29, 0.717) is 11.5 Å². The number of rotatable bonds is 7. The molecule has 1 aromatic carbocycles. The maximum Gasteiger partial charge on any atom is 0.318 e. The Morgan fingerprint density at radius 2 is 2.00 bits per heavy atom. The Morgan fingerprint density at radius 3 is 2.63 bits per heavy atom. The molecular formula is C22H25NO4. The fourth-order valence-electron chi connectivity index (χ4n) is 3.40. The van der Waals surface area contributed by atoms with Crippen LogP contribution in [0, 0.1) is 6.92 Å². The van der Waals surface area contributed by atoms with Crippen LogP contribution in [0.2, 0.25) is 0 Å². The predicted molar refractivity (Wildman–Crippen MR) is 101 cm³/mol. The summed E-state index contributed by atoms with van der Waals surface area (Å²) in [5.74, 6) is -0.362. The number of hydrogen-bond donors (Lipinski definition) is 0. The summed E-state index contributed by atoms with van der Waals surface area (Å²) in [5, 5.41) is 3.83. The van der Waals surface area contributed by atoms with Crippen LogP contribution in [0.5, 0.6) is 0 Å². The first kappa shape index (κ1) is 19.1. The minimum atomic E-state index is -0.829. The molecule has 0 saturated heterocycles. The van der Waals surface area contributed by atoms with Crippen molar-refractivity contribution in [2.24, 2.45) is 0 Å². The fourth-order valence-corrected chi connectivity index (χ4v) is 3.40. The van der Waals surface area contributed by atoms with Crippen molar-refractivity contribution in [3.63, 3.8) is 0 Å². The van der Waals surface area contributed by atoms with Gasteiger partial charge in [0.25, 0.3) is 0 Å². The van der Waals surface area contributed by atoms with Crippen LogP contribution in [0.25, 0.3) is 0 Å². The number of esters is 1. The van der Waals surface area contributed by atoms with Gasteiger partial charge in [0.1, 0.15) is 11.7 Å². The van der Waals surface area contributed by atoms with E-state index in [4.69, 9.17) is 9.26 Å². The second-order valence-corrected chi connectivity index (χ2v) is 7.02. The number of Topliss-reactive ketones (excluding diaryl/α,β-unsaturated/α-hetero) is 1. The van der Waals surface area contributed by atoms with Gasteiger partial charge < -0.3 is 9.26 Å². The van der Waals surface area contributed by atoms with Gasteiger partial charge in [-0.3, -0.25) is 9.59 Å². The standard InChI is InChI=1S/C22H25NO4/c1-15-13-19(23-27-15)14-20(24)16(2)26-22(25)21(17-9-5-3-6-10-17)18-11-7-4-8-12-18/h3,5-6,9-11,13,16,21H,4,7-8,12,14H2,1-2H3. The van der Waals surface area contributed by atoms with E-state index in [-0.39, 0.29) is 18.2 Å². The molecule has 1 aliphatic rings. The molecule has 0 amide bonds. The van der Waals surface area contributed by atoms with Crippen molar-refractivity contribution >= 4 is 11.8 Å². The minimum absolute atomic E-state index is 0.0878. The lowest BCUT2D eigenvalue weighted by molar-refractivity contribution is -0.154. The zero-order chi connectivity index (χ0) is 19.2. The average molecular weight is 367 g/mol. The zero-order valence-electron chi connectivity index (χ0n) is 15.8. The highest BCUT2D eigenvalue weighted by molar-refractivity contribution is 5.89. The minimum Gasteiger partial charge on any atom is -0.454 e. The summed E-state index contributed by atoms with van der Waals surface area (Å²) in [6.45, 7) is 3.39. The van der Waals surface area contributed by atoms with Gasteiger partial charge in [0.05, 0.1) is 12.1 Å². The van der Waals surface area contributed by atoms with Crippen LogP contribution in [-0.4, -0.2) is 23.0 Å². The number of carbonyl (C=O) groups is 2. The first-order chi connectivity index (χ1) is 13.0. The Morgan fingerprint density at radius 1 is 1.22 bits per heavy atom.